The molecule has 0 aliphatic carbocycles. The molecule has 1 N–H and O–H groups in total. The van der Waals surface area contributed by atoms with Crippen LogP contribution in [-0.2, 0) is 4.74 Å². The zero-order valence-electron chi connectivity index (χ0n) is 9.06. The van der Waals surface area contributed by atoms with Crippen molar-refractivity contribution in [1.82, 2.24) is 0 Å². The first-order valence-electron chi connectivity index (χ1n) is 5.09. The third-order valence-corrected chi connectivity index (χ3v) is 2.30. The SMILES string of the molecule is CC[C@H](C)COC(=O)c1ccc(O)cc1. The first kappa shape index (κ1) is 11.6. The monoisotopic (exact) mass is 208 g/mol. The molecule has 0 unspecified atom stereocenters. The Hall–Kier alpha value is -1.51. The molecule has 1 aromatic carbocycles. The quantitative estimate of drug-likeness (QED) is 0.773. The first-order chi connectivity index (χ1) is 7.13. The number of phenolic OH excluding ortho intramolecular Hbond substituents is 1. The molecule has 0 radical (unpaired) electrons. The molecular formula is C12H16O3. The van der Waals surface area contributed by atoms with Crippen LogP contribution in [0, 0.1) is 5.92 Å². The van der Waals surface area contributed by atoms with Gasteiger partial charge in [-0.3, -0.25) is 0 Å². The Morgan fingerprint density at radius 3 is 2.53 bits per heavy atom. The number of hydrogen-bond acceptors (Lipinski definition) is 3. The van der Waals surface area contributed by atoms with Crippen LogP contribution in [0.25, 0.3) is 0 Å². The molecule has 0 fully saturated rings. The number of carbonyl (C=O) groups excluding carboxylic acids is 1. The molecule has 0 amide bonds. The Bertz CT molecular complexity index is 316. The van der Waals surface area contributed by atoms with Crippen LogP contribution in [0.4, 0.5) is 0 Å². The highest BCUT2D eigenvalue weighted by Gasteiger charge is 2.08. The third-order valence-electron chi connectivity index (χ3n) is 2.30. The zero-order valence-corrected chi connectivity index (χ0v) is 9.06. The zero-order chi connectivity index (χ0) is 11.3. The van der Waals surface area contributed by atoms with Gasteiger partial charge in [0.15, 0.2) is 0 Å². The van der Waals surface area contributed by atoms with Crippen molar-refractivity contribution in [3.63, 3.8) is 0 Å². The van der Waals surface area contributed by atoms with E-state index in [2.05, 4.69) is 6.92 Å². The number of rotatable bonds is 4. The summed E-state index contributed by atoms with van der Waals surface area (Å²) in [7, 11) is 0. The molecule has 0 spiro atoms. The van der Waals surface area contributed by atoms with Gasteiger partial charge in [-0.2, -0.15) is 0 Å². The maximum absolute atomic E-state index is 11.5. The molecule has 3 nitrogen and oxygen atoms in total. The molecule has 0 saturated carbocycles. The van der Waals surface area contributed by atoms with Gasteiger partial charge >= 0.3 is 5.97 Å². The van der Waals surface area contributed by atoms with Crippen molar-refractivity contribution in [3.05, 3.63) is 29.8 Å². The Morgan fingerprint density at radius 2 is 2.00 bits per heavy atom. The van der Waals surface area contributed by atoms with Crippen LogP contribution in [0.2, 0.25) is 0 Å². The van der Waals surface area contributed by atoms with Gasteiger partial charge in [0.25, 0.3) is 0 Å². The van der Waals surface area contributed by atoms with Crippen molar-refractivity contribution in [2.45, 2.75) is 20.3 Å². The Balaban J connectivity index is 2.50. The highest BCUT2D eigenvalue weighted by molar-refractivity contribution is 5.89. The minimum atomic E-state index is -0.338. The molecule has 1 atom stereocenters. The van der Waals surface area contributed by atoms with E-state index in [-0.39, 0.29) is 11.7 Å². The lowest BCUT2D eigenvalue weighted by Crippen LogP contribution is -2.11. The highest BCUT2D eigenvalue weighted by Crippen LogP contribution is 2.11. The van der Waals surface area contributed by atoms with Gasteiger partial charge in [-0.25, -0.2) is 4.79 Å². The molecule has 1 rings (SSSR count). The van der Waals surface area contributed by atoms with E-state index in [1.54, 1.807) is 12.1 Å². The summed E-state index contributed by atoms with van der Waals surface area (Å²) in [6, 6.07) is 6.04. The molecule has 0 saturated heterocycles. The fourth-order valence-corrected chi connectivity index (χ4v) is 1.02. The van der Waals surface area contributed by atoms with E-state index in [0.29, 0.717) is 18.1 Å². The summed E-state index contributed by atoms with van der Waals surface area (Å²) in [5.41, 5.74) is 0.469. The number of hydrogen-bond donors (Lipinski definition) is 1. The van der Waals surface area contributed by atoms with Gasteiger partial charge in [-0.05, 0) is 30.2 Å². The standard InChI is InChI=1S/C12H16O3/c1-3-9(2)8-15-12(14)10-4-6-11(13)7-5-10/h4-7,9,13H,3,8H2,1-2H3/t9-/m0/s1. The van der Waals surface area contributed by atoms with E-state index in [1.807, 2.05) is 6.92 Å². The van der Waals surface area contributed by atoms with E-state index < -0.39 is 0 Å². The number of esters is 1. The van der Waals surface area contributed by atoms with Crippen LogP contribution < -0.4 is 0 Å². The Labute approximate surface area is 89.7 Å². The van der Waals surface area contributed by atoms with Crippen molar-refractivity contribution in [2.75, 3.05) is 6.61 Å². The molecule has 0 aliphatic heterocycles. The third kappa shape index (κ3) is 3.62. The maximum Gasteiger partial charge on any atom is 0.338 e. The lowest BCUT2D eigenvalue weighted by Gasteiger charge is -2.09. The van der Waals surface area contributed by atoms with Crippen LogP contribution >= 0.6 is 0 Å². The number of ether oxygens (including phenoxy) is 1. The molecule has 1 aromatic rings. The molecule has 0 aromatic heterocycles. The second-order valence-electron chi connectivity index (χ2n) is 3.66. The molecule has 0 heterocycles. The predicted molar refractivity (Wildman–Crippen MR) is 57.8 cm³/mol. The molecule has 0 aliphatic rings. The normalized spacial score (nSPS) is 12.1. The van der Waals surface area contributed by atoms with Crippen LogP contribution in [0.1, 0.15) is 30.6 Å². The van der Waals surface area contributed by atoms with Crippen molar-refractivity contribution in [1.29, 1.82) is 0 Å². The smallest absolute Gasteiger partial charge is 0.338 e. The van der Waals surface area contributed by atoms with Crippen molar-refractivity contribution < 1.29 is 14.6 Å². The second-order valence-corrected chi connectivity index (χ2v) is 3.66. The van der Waals surface area contributed by atoms with Crippen molar-refractivity contribution in [2.24, 2.45) is 5.92 Å². The van der Waals surface area contributed by atoms with Gasteiger partial charge in [0.05, 0.1) is 12.2 Å². The van der Waals surface area contributed by atoms with Gasteiger partial charge in [-0.1, -0.05) is 20.3 Å². The number of benzene rings is 1. The van der Waals surface area contributed by atoms with Gasteiger partial charge in [0.2, 0.25) is 0 Å². The van der Waals surface area contributed by atoms with Gasteiger partial charge < -0.3 is 9.84 Å². The maximum atomic E-state index is 11.5. The summed E-state index contributed by atoms with van der Waals surface area (Å²) in [6.07, 6.45) is 0.989. The molecule has 0 bridgehead atoms. The van der Waals surface area contributed by atoms with Gasteiger partial charge in [-0.15, -0.1) is 0 Å². The lowest BCUT2D eigenvalue weighted by atomic mass is 10.1. The predicted octanol–water partition coefficient (Wildman–Crippen LogP) is 2.60. The van der Waals surface area contributed by atoms with Crippen LogP contribution in [0.3, 0.4) is 0 Å². The summed E-state index contributed by atoms with van der Waals surface area (Å²) in [5.74, 6) is 0.190. The summed E-state index contributed by atoms with van der Waals surface area (Å²) >= 11 is 0. The summed E-state index contributed by atoms with van der Waals surface area (Å²) in [4.78, 5) is 11.5. The van der Waals surface area contributed by atoms with Crippen LogP contribution in [0.15, 0.2) is 24.3 Å². The van der Waals surface area contributed by atoms with E-state index in [0.717, 1.165) is 6.42 Å². The van der Waals surface area contributed by atoms with Crippen molar-refractivity contribution in [3.8, 4) is 5.75 Å². The molecule has 3 heteroatoms. The van der Waals surface area contributed by atoms with Crippen LogP contribution in [0.5, 0.6) is 5.75 Å². The van der Waals surface area contributed by atoms with E-state index in [9.17, 15) is 4.79 Å². The summed E-state index contributed by atoms with van der Waals surface area (Å²) < 4.78 is 5.10. The molecular weight excluding hydrogens is 192 g/mol. The largest absolute Gasteiger partial charge is 0.508 e. The molecule has 15 heavy (non-hydrogen) atoms. The Kier molecular flexibility index (Phi) is 4.16. The number of aromatic hydroxyl groups is 1. The van der Waals surface area contributed by atoms with E-state index in [4.69, 9.17) is 9.84 Å². The number of carbonyl (C=O) groups is 1. The van der Waals surface area contributed by atoms with Crippen LogP contribution in [-0.4, -0.2) is 17.7 Å². The summed E-state index contributed by atoms with van der Waals surface area (Å²) in [6.45, 7) is 4.53. The highest BCUT2D eigenvalue weighted by atomic mass is 16.5. The van der Waals surface area contributed by atoms with Gasteiger partial charge in [0, 0.05) is 0 Å². The minimum Gasteiger partial charge on any atom is -0.508 e. The van der Waals surface area contributed by atoms with Crippen molar-refractivity contribution >= 4 is 5.97 Å². The fourth-order valence-electron chi connectivity index (χ4n) is 1.02. The van der Waals surface area contributed by atoms with E-state index in [1.165, 1.54) is 12.1 Å². The Morgan fingerprint density at radius 1 is 1.40 bits per heavy atom. The average Bonchev–Trinajstić information content (AvgIpc) is 2.26. The van der Waals surface area contributed by atoms with Gasteiger partial charge in [0.1, 0.15) is 5.75 Å². The minimum absolute atomic E-state index is 0.147. The fraction of sp³-hybridized carbons (Fsp3) is 0.417. The first-order valence-corrected chi connectivity index (χ1v) is 5.09. The van der Waals surface area contributed by atoms with E-state index >= 15 is 0 Å². The topological polar surface area (TPSA) is 46.5 Å². The second kappa shape index (κ2) is 5.39. The number of phenols is 1. The lowest BCUT2D eigenvalue weighted by molar-refractivity contribution is 0.0447. The molecule has 82 valence electrons. The summed E-state index contributed by atoms with van der Waals surface area (Å²) in [5, 5.41) is 9.04. The average molecular weight is 208 g/mol.